The minimum absolute atomic E-state index is 0.000520. The molecule has 0 saturated carbocycles. The molecule has 0 radical (unpaired) electrons. The fourth-order valence-electron chi connectivity index (χ4n) is 15.9. The summed E-state index contributed by atoms with van der Waals surface area (Å²) in [6, 6.07) is 62.1. The lowest BCUT2D eigenvalue weighted by Gasteiger charge is -2.50. The third-order valence-corrected chi connectivity index (χ3v) is 21.1. The maximum Gasteiger partial charge on any atom is 0.231 e. The smallest absolute Gasteiger partial charge is 0.231 e. The predicted octanol–water partition coefficient (Wildman–Crippen LogP) is 19.3. The van der Waals surface area contributed by atoms with E-state index in [1.165, 1.54) is 101 Å². The first-order valence-corrected chi connectivity index (χ1v) is 30.8. The zero-order valence-electron chi connectivity index (χ0n) is 51.8. The number of rotatable bonds is 5. The largest absolute Gasteiger partial charge is 0.470 e. The number of benzene rings is 8. The summed E-state index contributed by atoms with van der Waals surface area (Å²) in [6.45, 7) is 38.7. The molecule has 416 valence electrons. The van der Waals surface area contributed by atoms with Crippen LogP contribution in [0.3, 0.4) is 0 Å². The second-order valence-electron chi connectivity index (χ2n) is 30.7. The summed E-state index contributed by atoms with van der Waals surface area (Å²) in [7, 11) is 0. The summed E-state index contributed by atoms with van der Waals surface area (Å²) in [5, 5.41) is 0. The average Bonchev–Trinajstić information content (AvgIpc) is 1.33. The highest BCUT2D eigenvalue weighted by Gasteiger charge is 2.56. The third kappa shape index (κ3) is 7.90. The van der Waals surface area contributed by atoms with Crippen molar-refractivity contribution < 1.29 is 4.74 Å². The van der Waals surface area contributed by atoms with Crippen LogP contribution in [0, 0.1) is 0 Å². The molecule has 0 N–H and O–H groups in total. The monoisotopic (exact) mass is 1080 g/mol. The minimum atomic E-state index is -0.331. The Morgan fingerprint density at radius 3 is 1.70 bits per heavy atom. The van der Waals surface area contributed by atoms with Crippen molar-refractivity contribution in [1.82, 2.24) is 0 Å². The van der Waals surface area contributed by atoms with Crippen molar-refractivity contribution in [2.45, 2.75) is 186 Å². The van der Waals surface area contributed by atoms with Crippen LogP contribution >= 0.6 is 0 Å². The van der Waals surface area contributed by atoms with E-state index >= 15 is 0 Å². The molecule has 5 heteroatoms. The topological polar surface area (TPSA) is 19.0 Å². The zero-order valence-corrected chi connectivity index (χ0v) is 51.8. The van der Waals surface area contributed by atoms with Gasteiger partial charge in [-0.1, -0.05) is 196 Å². The van der Waals surface area contributed by atoms with Crippen LogP contribution in [0.2, 0.25) is 0 Å². The van der Waals surface area contributed by atoms with Gasteiger partial charge in [-0.05, 0) is 203 Å². The summed E-state index contributed by atoms with van der Waals surface area (Å²) in [6.07, 6.45) is 4.27. The highest BCUT2D eigenvalue weighted by atomic mass is 16.5. The van der Waals surface area contributed by atoms with Crippen molar-refractivity contribution in [3.05, 3.63) is 208 Å². The van der Waals surface area contributed by atoms with Crippen molar-refractivity contribution in [2.24, 2.45) is 0 Å². The summed E-state index contributed by atoms with van der Waals surface area (Å²) >= 11 is 0. The molecule has 14 rings (SSSR count). The second kappa shape index (κ2) is 17.5. The van der Waals surface area contributed by atoms with Crippen LogP contribution in [0.4, 0.5) is 45.5 Å². The van der Waals surface area contributed by atoms with Crippen molar-refractivity contribution in [2.75, 3.05) is 14.7 Å². The second-order valence-corrected chi connectivity index (χ2v) is 30.7. The van der Waals surface area contributed by atoms with Crippen LogP contribution in [0.1, 0.15) is 192 Å². The third-order valence-electron chi connectivity index (χ3n) is 21.1. The Hall–Kier alpha value is -6.98. The molecule has 2 unspecified atom stereocenters. The molecule has 0 fully saturated rings. The van der Waals surface area contributed by atoms with Crippen LogP contribution in [0.15, 0.2) is 158 Å². The van der Waals surface area contributed by atoms with Crippen molar-refractivity contribution in [3.8, 4) is 16.9 Å². The number of hydrogen-bond donors (Lipinski definition) is 0. The van der Waals surface area contributed by atoms with E-state index in [4.69, 9.17) is 4.74 Å². The van der Waals surface area contributed by atoms with E-state index in [-0.39, 0.29) is 56.7 Å². The van der Waals surface area contributed by atoms with Gasteiger partial charge in [-0.15, -0.1) is 0 Å². The van der Waals surface area contributed by atoms with Crippen molar-refractivity contribution in [1.29, 1.82) is 0 Å². The van der Waals surface area contributed by atoms with Crippen molar-refractivity contribution >= 4 is 63.1 Å². The molecule has 0 amide bonds. The Bertz CT molecular complexity index is 3940. The first kappa shape index (κ1) is 53.1. The van der Waals surface area contributed by atoms with Crippen molar-refractivity contribution in [3.63, 3.8) is 0 Å². The van der Waals surface area contributed by atoms with Gasteiger partial charge < -0.3 is 19.4 Å². The molecular weight excluding hydrogens is 994 g/mol. The highest BCUT2D eigenvalue weighted by molar-refractivity contribution is 6.91. The average molecular weight is 1080 g/mol. The van der Waals surface area contributed by atoms with E-state index in [0.717, 1.165) is 47.8 Å². The zero-order chi connectivity index (χ0) is 57.6. The van der Waals surface area contributed by atoms with Gasteiger partial charge in [0, 0.05) is 51.0 Å². The van der Waals surface area contributed by atoms with Gasteiger partial charge in [-0.25, -0.2) is 0 Å². The number of nitrogens with zero attached hydrogens (tertiary/aromatic N) is 3. The van der Waals surface area contributed by atoms with Gasteiger partial charge in [0.1, 0.15) is 5.75 Å². The summed E-state index contributed by atoms with van der Waals surface area (Å²) in [4.78, 5) is 7.90. The first-order valence-electron chi connectivity index (χ1n) is 30.8. The van der Waals surface area contributed by atoms with E-state index < -0.39 is 0 Å². The fourth-order valence-corrected chi connectivity index (χ4v) is 15.9. The van der Waals surface area contributed by atoms with Crippen LogP contribution < -0.4 is 30.4 Å². The summed E-state index contributed by atoms with van der Waals surface area (Å²) in [5.41, 5.74) is 27.3. The molecule has 3 heterocycles. The molecule has 3 aliphatic carbocycles. The van der Waals surface area contributed by atoms with Crippen LogP contribution in [-0.4, -0.2) is 12.9 Å². The van der Waals surface area contributed by atoms with Crippen LogP contribution in [0.25, 0.3) is 11.1 Å². The molecule has 4 nitrogen and oxygen atoms in total. The number of para-hydroxylation sites is 1. The lowest BCUT2D eigenvalue weighted by Crippen LogP contribution is -2.63. The minimum Gasteiger partial charge on any atom is -0.470 e. The van der Waals surface area contributed by atoms with Gasteiger partial charge in [-0.2, -0.15) is 0 Å². The van der Waals surface area contributed by atoms with Gasteiger partial charge in [0.05, 0.1) is 5.69 Å². The molecule has 82 heavy (non-hydrogen) atoms. The quantitative estimate of drug-likeness (QED) is 0.160. The molecular formula is C77H84BN3O. The van der Waals surface area contributed by atoms with Gasteiger partial charge in [0.25, 0.3) is 0 Å². The fraction of sp³-hybridized carbons (Fsp3) is 0.377. The van der Waals surface area contributed by atoms with E-state index in [9.17, 15) is 0 Å². The Balaban J connectivity index is 1.12. The van der Waals surface area contributed by atoms with E-state index in [2.05, 4.69) is 283 Å². The predicted molar refractivity (Wildman–Crippen MR) is 349 cm³/mol. The summed E-state index contributed by atoms with van der Waals surface area (Å²) < 4.78 is 7.69. The molecule has 6 aliphatic rings. The molecule has 0 aromatic heterocycles. The maximum absolute atomic E-state index is 7.69. The molecule has 0 saturated heterocycles. The molecule has 0 spiro atoms. The van der Waals surface area contributed by atoms with E-state index in [0.29, 0.717) is 0 Å². The lowest BCUT2D eigenvalue weighted by molar-refractivity contribution is 0.232. The van der Waals surface area contributed by atoms with Crippen LogP contribution in [0.5, 0.6) is 5.75 Å². The molecule has 0 bridgehead atoms. The van der Waals surface area contributed by atoms with Crippen LogP contribution in [-0.2, 0) is 37.9 Å². The Morgan fingerprint density at radius 1 is 0.451 bits per heavy atom. The van der Waals surface area contributed by atoms with E-state index in [1.807, 2.05) is 0 Å². The molecule has 8 aromatic rings. The first-order chi connectivity index (χ1) is 38.6. The maximum atomic E-state index is 7.69. The molecule has 3 aliphatic heterocycles. The Kier molecular flexibility index (Phi) is 11.3. The highest BCUT2D eigenvalue weighted by Crippen LogP contribution is 2.58. The number of hydrogen-bond acceptors (Lipinski definition) is 4. The standard InChI is InChI=1S/C77H84BN3O/c1-71(2,3)47-26-29-50(30-27-47)81-66-44-53(79(49-22-18-17-19-23-49)51-31-33-55-54-24-20-21-25-57(54)77(15,16)59(55)41-51)43-65-69(66)78(68-56-40-48(72(4,5)6)28-35-67(56)82-70(68)81)63-45-61-62(76(13,14)39-38-75(61,11)12)46-64(63)80(65)52-32-34-58-60(42-52)74(9,10)37-36-73(58,7)8/h17-35,40-46,68,70H,36-39H2,1-16H3. The number of ether oxygens (including phenoxy) is 1. The van der Waals surface area contributed by atoms with E-state index in [1.54, 1.807) is 0 Å². The normalized spacial score (nSPS) is 20.5. The van der Waals surface area contributed by atoms with Gasteiger partial charge in [0.15, 0.2) is 6.23 Å². The lowest BCUT2D eigenvalue weighted by atomic mass is 9.29. The molecule has 2 atom stereocenters. The number of anilines is 8. The van der Waals surface area contributed by atoms with Gasteiger partial charge in [0.2, 0.25) is 6.71 Å². The number of fused-ring (bicyclic) bond motifs is 11. The molecule has 8 aromatic carbocycles. The Morgan fingerprint density at radius 2 is 1.02 bits per heavy atom. The SMILES string of the molecule is CC(C)(C)c1ccc(N2c3cc(N(c4ccccc4)c4ccc5c(c4)C(C)(C)c4ccccc4-5)cc4c3B(c3cc5c(cc3N4c3ccc4c(c3)C(C)(C)CCC4(C)C)C(C)(C)CCC5(C)C)C3c4cc(C(C)(C)C)ccc4OC32)cc1. The Labute approximate surface area is 491 Å². The van der Waals surface area contributed by atoms with Gasteiger partial charge in [-0.3, -0.25) is 0 Å². The summed E-state index contributed by atoms with van der Waals surface area (Å²) in [5.74, 6) is 0.967. The van der Waals surface area contributed by atoms with Gasteiger partial charge >= 0.3 is 0 Å².